The molecule has 1 aliphatic rings. The molecular weight excluding hydrogens is 158 g/mol. The summed E-state index contributed by atoms with van der Waals surface area (Å²) in [6.07, 6.45) is 7.89. The molecule has 0 amide bonds. The Labute approximate surface area is 83.1 Å². The monoisotopic (exact) mass is 183 g/mol. The van der Waals surface area contributed by atoms with E-state index in [4.69, 9.17) is 5.73 Å². The average molecular weight is 183 g/mol. The summed E-state index contributed by atoms with van der Waals surface area (Å²) in [6, 6.07) is 0.445. The molecule has 2 N–H and O–H groups in total. The Morgan fingerprint density at radius 3 is 2.54 bits per heavy atom. The van der Waals surface area contributed by atoms with Crippen LogP contribution in [-0.4, -0.2) is 6.04 Å². The molecule has 78 valence electrons. The highest BCUT2D eigenvalue weighted by Gasteiger charge is 2.23. The Balaban J connectivity index is 2.51. The summed E-state index contributed by atoms with van der Waals surface area (Å²) in [5, 5.41) is 0. The van der Waals surface area contributed by atoms with Crippen molar-refractivity contribution in [3.05, 3.63) is 0 Å². The molecule has 2 atom stereocenters. The third-order valence-corrected chi connectivity index (χ3v) is 3.40. The van der Waals surface area contributed by atoms with Crippen LogP contribution in [0.25, 0.3) is 0 Å². The molecule has 0 bridgehead atoms. The van der Waals surface area contributed by atoms with Crippen LogP contribution >= 0.6 is 0 Å². The summed E-state index contributed by atoms with van der Waals surface area (Å²) in [7, 11) is 0. The molecule has 1 saturated carbocycles. The van der Waals surface area contributed by atoms with E-state index in [2.05, 4.69) is 20.8 Å². The molecule has 1 fully saturated rings. The van der Waals surface area contributed by atoms with E-state index >= 15 is 0 Å². The third-order valence-electron chi connectivity index (χ3n) is 3.40. The van der Waals surface area contributed by atoms with Gasteiger partial charge in [-0.1, -0.05) is 40.0 Å². The van der Waals surface area contributed by atoms with Gasteiger partial charge in [0.2, 0.25) is 0 Å². The summed E-state index contributed by atoms with van der Waals surface area (Å²) in [6.45, 7) is 7.11. The Morgan fingerprint density at radius 1 is 1.15 bits per heavy atom. The molecule has 1 rings (SSSR count). The lowest BCUT2D eigenvalue weighted by atomic mass is 9.80. The van der Waals surface area contributed by atoms with Crippen molar-refractivity contribution < 1.29 is 0 Å². The van der Waals surface area contributed by atoms with Crippen molar-refractivity contribution in [1.82, 2.24) is 0 Å². The first-order chi connectivity index (χ1) is 5.99. The zero-order valence-corrected chi connectivity index (χ0v) is 9.47. The normalized spacial score (nSPS) is 36.0. The lowest BCUT2D eigenvalue weighted by Gasteiger charge is -2.27. The van der Waals surface area contributed by atoms with E-state index in [-0.39, 0.29) is 0 Å². The fourth-order valence-electron chi connectivity index (χ4n) is 2.42. The zero-order chi connectivity index (χ0) is 9.90. The van der Waals surface area contributed by atoms with Gasteiger partial charge in [0.15, 0.2) is 0 Å². The second-order valence-electron chi connectivity index (χ2n) is 5.70. The molecular formula is C12H25N. The minimum atomic E-state index is 0.445. The van der Waals surface area contributed by atoms with Gasteiger partial charge in [0.25, 0.3) is 0 Å². The first kappa shape index (κ1) is 11.0. The first-order valence-electron chi connectivity index (χ1n) is 5.75. The molecule has 0 aromatic rings. The largest absolute Gasteiger partial charge is 0.328 e. The quantitative estimate of drug-likeness (QED) is 0.612. The van der Waals surface area contributed by atoms with Gasteiger partial charge in [-0.15, -0.1) is 0 Å². The summed E-state index contributed by atoms with van der Waals surface area (Å²) in [5.41, 5.74) is 6.56. The van der Waals surface area contributed by atoms with E-state index in [0.29, 0.717) is 11.5 Å². The highest BCUT2D eigenvalue weighted by molar-refractivity contribution is 4.78. The van der Waals surface area contributed by atoms with E-state index in [9.17, 15) is 0 Å². The molecule has 1 heteroatoms. The molecule has 0 aliphatic heterocycles. The molecule has 1 nitrogen and oxygen atoms in total. The van der Waals surface area contributed by atoms with Gasteiger partial charge in [-0.3, -0.25) is 0 Å². The lowest BCUT2D eigenvalue weighted by molar-refractivity contribution is 0.265. The van der Waals surface area contributed by atoms with Crippen molar-refractivity contribution in [3.8, 4) is 0 Å². The van der Waals surface area contributed by atoms with Crippen LogP contribution in [-0.2, 0) is 0 Å². The Morgan fingerprint density at radius 2 is 1.85 bits per heavy atom. The van der Waals surface area contributed by atoms with Gasteiger partial charge in [-0.05, 0) is 30.6 Å². The second-order valence-corrected chi connectivity index (χ2v) is 5.70. The molecule has 13 heavy (non-hydrogen) atoms. The van der Waals surface area contributed by atoms with Crippen LogP contribution in [0.5, 0.6) is 0 Å². The maximum Gasteiger partial charge on any atom is 0.00439 e. The Bertz CT molecular complexity index is 151. The lowest BCUT2D eigenvalue weighted by Crippen LogP contribution is -2.27. The van der Waals surface area contributed by atoms with E-state index in [0.717, 1.165) is 5.92 Å². The van der Waals surface area contributed by atoms with Crippen LogP contribution in [0.1, 0.15) is 59.3 Å². The smallest absolute Gasteiger partial charge is 0.00439 e. The van der Waals surface area contributed by atoms with Crippen molar-refractivity contribution in [2.45, 2.75) is 65.3 Å². The van der Waals surface area contributed by atoms with Crippen LogP contribution < -0.4 is 5.73 Å². The molecule has 2 unspecified atom stereocenters. The summed E-state index contributed by atoms with van der Waals surface area (Å²) >= 11 is 0. The van der Waals surface area contributed by atoms with Gasteiger partial charge in [-0.2, -0.15) is 0 Å². The summed E-state index contributed by atoms with van der Waals surface area (Å²) < 4.78 is 0. The first-order valence-corrected chi connectivity index (χ1v) is 5.75. The number of hydrogen-bond donors (Lipinski definition) is 1. The number of rotatable bonds is 0. The van der Waals surface area contributed by atoms with Crippen LogP contribution in [0.4, 0.5) is 0 Å². The van der Waals surface area contributed by atoms with Crippen molar-refractivity contribution >= 4 is 0 Å². The molecule has 0 spiro atoms. The molecule has 0 radical (unpaired) electrons. The minimum absolute atomic E-state index is 0.445. The second kappa shape index (κ2) is 4.45. The minimum Gasteiger partial charge on any atom is -0.328 e. The van der Waals surface area contributed by atoms with Crippen molar-refractivity contribution in [3.63, 3.8) is 0 Å². The third kappa shape index (κ3) is 4.12. The van der Waals surface area contributed by atoms with Crippen molar-refractivity contribution in [1.29, 1.82) is 0 Å². The standard InChI is InChI=1S/C12H25N/c1-10-5-4-6-11(13)9-12(2,3)8-7-10/h10-11H,4-9,13H2,1-3H3. The number of nitrogens with two attached hydrogens (primary N) is 1. The number of hydrogen-bond acceptors (Lipinski definition) is 1. The average Bonchev–Trinajstić information content (AvgIpc) is 2.03. The van der Waals surface area contributed by atoms with Crippen LogP contribution in [0.3, 0.4) is 0 Å². The van der Waals surface area contributed by atoms with Gasteiger partial charge >= 0.3 is 0 Å². The van der Waals surface area contributed by atoms with Crippen molar-refractivity contribution in [2.24, 2.45) is 17.1 Å². The van der Waals surface area contributed by atoms with E-state index in [1.165, 1.54) is 38.5 Å². The predicted molar refractivity (Wildman–Crippen MR) is 58.6 cm³/mol. The van der Waals surface area contributed by atoms with Crippen LogP contribution in [0.2, 0.25) is 0 Å². The zero-order valence-electron chi connectivity index (χ0n) is 9.47. The molecule has 0 aromatic carbocycles. The molecule has 1 aliphatic carbocycles. The Hall–Kier alpha value is -0.0400. The fourth-order valence-corrected chi connectivity index (χ4v) is 2.42. The summed E-state index contributed by atoms with van der Waals surface area (Å²) in [4.78, 5) is 0. The van der Waals surface area contributed by atoms with Gasteiger partial charge in [0, 0.05) is 6.04 Å². The van der Waals surface area contributed by atoms with Crippen LogP contribution in [0.15, 0.2) is 0 Å². The van der Waals surface area contributed by atoms with Gasteiger partial charge in [0.05, 0.1) is 0 Å². The van der Waals surface area contributed by atoms with Gasteiger partial charge in [-0.25, -0.2) is 0 Å². The van der Waals surface area contributed by atoms with Crippen LogP contribution in [0, 0.1) is 11.3 Å². The summed E-state index contributed by atoms with van der Waals surface area (Å²) in [5.74, 6) is 0.907. The molecule has 0 heterocycles. The highest BCUT2D eigenvalue weighted by atomic mass is 14.6. The fraction of sp³-hybridized carbons (Fsp3) is 1.00. The van der Waals surface area contributed by atoms with Crippen molar-refractivity contribution in [2.75, 3.05) is 0 Å². The van der Waals surface area contributed by atoms with Gasteiger partial charge in [0.1, 0.15) is 0 Å². The molecule has 0 aromatic heterocycles. The van der Waals surface area contributed by atoms with Gasteiger partial charge < -0.3 is 5.73 Å². The maximum atomic E-state index is 6.09. The highest BCUT2D eigenvalue weighted by Crippen LogP contribution is 2.33. The Kier molecular flexibility index (Phi) is 3.78. The van der Waals surface area contributed by atoms with E-state index in [1.54, 1.807) is 0 Å². The van der Waals surface area contributed by atoms with E-state index < -0.39 is 0 Å². The maximum absolute atomic E-state index is 6.09. The topological polar surface area (TPSA) is 26.0 Å². The van der Waals surface area contributed by atoms with E-state index in [1.807, 2.05) is 0 Å². The predicted octanol–water partition coefficient (Wildman–Crippen LogP) is 3.33. The molecule has 0 saturated heterocycles. The SMILES string of the molecule is CC1CCCC(N)CC(C)(C)CC1.